The fourth-order valence-corrected chi connectivity index (χ4v) is 3.49. The van der Waals surface area contributed by atoms with Crippen molar-refractivity contribution in [2.24, 2.45) is 7.05 Å². The first kappa shape index (κ1) is 19.4. The van der Waals surface area contributed by atoms with E-state index in [9.17, 15) is 14.4 Å². The number of carbonyl (C=O) groups is 2. The van der Waals surface area contributed by atoms with Crippen molar-refractivity contribution in [1.82, 2.24) is 25.6 Å². The zero-order valence-electron chi connectivity index (χ0n) is 16.4. The van der Waals surface area contributed by atoms with E-state index in [0.717, 1.165) is 27.6 Å². The molecule has 0 saturated carbocycles. The zero-order valence-corrected chi connectivity index (χ0v) is 16.4. The number of benzene rings is 2. The lowest BCUT2D eigenvalue weighted by molar-refractivity contribution is -0.121. The third-order valence-corrected chi connectivity index (χ3v) is 5.01. The van der Waals surface area contributed by atoms with E-state index in [1.54, 1.807) is 24.3 Å². The van der Waals surface area contributed by atoms with Gasteiger partial charge >= 0.3 is 0 Å². The maximum Gasteiger partial charge on any atom is 0.290 e. The number of nitrogens with one attached hydrogen (secondary N) is 3. The first-order valence-electron chi connectivity index (χ1n) is 9.65. The highest BCUT2D eigenvalue weighted by Crippen LogP contribution is 2.19. The van der Waals surface area contributed by atoms with E-state index in [4.69, 9.17) is 0 Å². The highest BCUT2D eigenvalue weighted by molar-refractivity contribution is 6.05. The van der Waals surface area contributed by atoms with Crippen LogP contribution in [0.1, 0.15) is 28.9 Å². The molecule has 0 fully saturated rings. The van der Waals surface area contributed by atoms with Gasteiger partial charge in [-0.25, -0.2) is 4.68 Å². The number of aryl methyl sites for hydroxylation is 2. The second-order valence-corrected chi connectivity index (χ2v) is 7.04. The third-order valence-electron chi connectivity index (χ3n) is 5.01. The fraction of sp³-hybridized carbons (Fsp3) is 0.182. The molecule has 4 rings (SSSR count). The van der Waals surface area contributed by atoms with Crippen LogP contribution in [0.15, 0.2) is 59.5 Å². The van der Waals surface area contributed by atoms with Gasteiger partial charge in [-0.3, -0.25) is 25.2 Å². The summed E-state index contributed by atoms with van der Waals surface area (Å²) in [4.78, 5) is 40.1. The quantitative estimate of drug-likeness (QED) is 0.444. The Morgan fingerprint density at radius 1 is 1.00 bits per heavy atom. The van der Waals surface area contributed by atoms with E-state index in [1.807, 2.05) is 30.5 Å². The molecule has 0 saturated heterocycles. The number of amides is 2. The van der Waals surface area contributed by atoms with Crippen LogP contribution in [0.3, 0.4) is 0 Å². The molecule has 3 N–H and O–H groups in total. The molecule has 0 radical (unpaired) electrons. The van der Waals surface area contributed by atoms with Crippen molar-refractivity contribution in [1.29, 1.82) is 0 Å². The molecule has 152 valence electrons. The molecular formula is C22H21N5O3. The monoisotopic (exact) mass is 403 g/mol. The predicted molar refractivity (Wildman–Crippen MR) is 114 cm³/mol. The Morgan fingerprint density at radius 2 is 1.70 bits per heavy atom. The Hall–Kier alpha value is -3.94. The van der Waals surface area contributed by atoms with Crippen LogP contribution in [0.4, 0.5) is 0 Å². The van der Waals surface area contributed by atoms with Crippen LogP contribution in [-0.2, 0) is 18.3 Å². The maximum absolute atomic E-state index is 12.5. The normalized spacial score (nSPS) is 11.0. The third kappa shape index (κ3) is 3.80. The summed E-state index contributed by atoms with van der Waals surface area (Å²) in [5, 5.41) is 6.02. The Balaban J connectivity index is 1.35. The molecule has 0 spiro atoms. The number of H-pyrrole nitrogens is 1. The van der Waals surface area contributed by atoms with E-state index >= 15 is 0 Å². The van der Waals surface area contributed by atoms with E-state index in [1.165, 1.54) is 7.05 Å². The number of hydrazine groups is 1. The van der Waals surface area contributed by atoms with Crippen LogP contribution < -0.4 is 16.4 Å². The summed E-state index contributed by atoms with van der Waals surface area (Å²) in [5.74, 6) is -0.871. The number of para-hydroxylation sites is 1. The molecule has 2 amide bonds. The fourth-order valence-electron chi connectivity index (χ4n) is 3.49. The topological polar surface area (TPSA) is 109 Å². The summed E-state index contributed by atoms with van der Waals surface area (Å²) in [6, 6.07) is 14.8. The number of hydrogen-bond donors (Lipinski definition) is 3. The summed E-state index contributed by atoms with van der Waals surface area (Å²) in [7, 11) is 1.48. The van der Waals surface area contributed by atoms with Crippen molar-refractivity contribution < 1.29 is 9.59 Å². The van der Waals surface area contributed by atoms with Crippen LogP contribution in [-0.4, -0.2) is 26.6 Å². The summed E-state index contributed by atoms with van der Waals surface area (Å²) < 4.78 is 1.11. The maximum atomic E-state index is 12.5. The standard InChI is InChI=1S/C22H21N5O3/c1-27-22(30)17-10-3-2-9-16(17)20(26-27)21(29)25-24-19(28)12-6-7-14-13-23-18-11-5-4-8-15(14)18/h2-5,8-11,13,23H,6-7,12H2,1H3,(H,24,28)(H,25,29). The molecule has 0 bridgehead atoms. The molecule has 30 heavy (non-hydrogen) atoms. The number of aromatic amines is 1. The van der Waals surface area contributed by atoms with Crippen molar-refractivity contribution in [3.63, 3.8) is 0 Å². The molecular weight excluding hydrogens is 382 g/mol. The van der Waals surface area contributed by atoms with Gasteiger partial charge in [0.05, 0.1) is 5.39 Å². The first-order valence-corrected chi connectivity index (χ1v) is 9.65. The number of aromatic nitrogens is 3. The lowest BCUT2D eigenvalue weighted by Gasteiger charge is -2.10. The average Bonchev–Trinajstić information content (AvgIpc) is 3.18. The summed E-state index contributed by atoms with van der Waals surface area (Å²) in [6.45, 7) is 0. The number of hydrogen-bond acceptors (Lipinski definition) is 4. The second-order valence-electron chi connectivity index (χ2n) is 7.04. The molecule has 0 aliphatic heterocycles. The van der Waals surface area contributed by atoms with Crippen LogP contribution >= 0.6 is 0 Å². The Kier molecular flexibility index (Phi) is 5.30. The SMILES string of the molecule is Cn1nc(C(=O)NNC(=O)CCCc2c[nH]c3ccccc23)c2ccccc2c1=O. The number of nitrogens with zero attached hydrogens (tertiary/aromatic N) is 2. The van der Waals surface area contributed by atoms with Crippen LogP contribution in [0, 0.1) is 0 Å². The average molecular weight is 403 g/mol. The second kappa shape index (κ2) is 8.20. The minimum absolute atomic E-state index is 0.0757. The molecule has 8 nitrogen and oxygen atoms in total. The van der Waals surface area contributed by atoms with Crippen molar-refractivity contribution in [3.8, 4) is 0 Å². The van der Waals surface area contributed by atoms with Gasteiger partial charge in [-0.15, -0.1) is 0 Å². The first-order chi connectivity index (χ1) is 14.5. The molecule has 0 aliphatic rings. The van der Waals surface area contributed by atoms with Crippen LogP contribution in [0.2, 0.25) is 0 Å². The van der Waals surface area contributed by atoms with Gasteiger partial charge < -0.3 is 4.98 Å². The van der Waals surface area contributed by atoms with Gasteiger partial charge in [0, 0.05) is 36.0 Å². The minimum atomic E-state index is -0.577. The highest BCUT2D eigenvalue weighted by Gasteiger charge is 2.16. The van der Waals surface area contributed by atoms with Crippen molar-refractivity contribution in [2.45, 2.75) is 19.3 Å². The summed E-state index contributed by atoms with van der Waals surface area (Å²) in [6.07, 6.45) is 3.62. The molecule has 4 aromatic rings. The largest absolute Gasteiger partial charge is 0.361 e. The predicted octanol–water partition coefficient (Wildman–Crippen LogP) is 2.20. The summed E-state index contributed by atoms with van der Waals surface area (Å²) in [5.41, 5.74) is 6.83. The Bertz CT molecular complexity index is 1310. The van der Waals surface area contributed by atoms with E-state index in [-0.39, 0.29) is 23.6 Å². The van der Waals surface area contributed by atoms with Crippen LogP contribution in [0.5, 0.6) is 0 Å². The number of carbonyl (C=O) groups excluding carboxylic acids is 2. The van der Waals surface area contributed by atoms with E-state index in [0.29, 0.717) is 17.2 Å². The molecule has 0 atom stereocenters. The zero-order chi connectivity index (χ0) is 21.1. The Morgan fingerprint density at radius 3 is 2.50 bits per heavy atom. The number of rotatable bonds is 5. The van der Waals surface area contributed by atoms with Gasteiger partial charge in [0.1, 0.15) is 0 Å². The molecule has 8 heteroatoms. The van der Waals surface area contributed by atoms with Gasteiger partial charge in [0.2, 0.25) is 5.91 Å². The van der Waals surface area contributed by atoms with Crippen molar-refractivity contribution >= 4 is 33.5 Å². The van der Waals surface area contributed by atoms with Gasteiger partial charge in [-0.05, 0) is 30.5 Å². The smallest absolute Gasteiger partial charge is 0.290 e. The van der Waals surface area contributed by atoms with Gasteiger partial charge in [-0.2, -0.15) is 5.10 Å². The molecule has 2 aromatic heterocycles. The lowest BCUT2D eigenvalue weighted by Crippen LogP contribution is -2.42. The number of fused-ring (bicyclic) bond motifs is 2. The van der Waals surface area contributed by atoms with Gasteiger partial charge in [-0.1, -0.05) is 36.4 Å². The highest BCUT2D eigenvalue weighted by atomic mass is 16.2. The van der Waals surface area contributed by atoms with Crippen molar-refractivity contribution in [2.75, 3.05) is 0 Å². The molecule has 0 aliphatic carbocycles. The van der Waals surface area contributed by atoms with Crippen molar-refractivity contribution in [3.05, 3.63) is 76.3 Å². The van der Waals surface area contributed by atoms with E-state index in [2.05, 4.69) is 20.9 Å². The van der Waals surface area contributed by atoms with Crippen LogP contribution in [0.25, 0.3) is 21.7 Å². The minimum Gasteiger partial charge on any atom is -0.361 e. The Labute approximate surface area is 171 Å². The summed E-state index contributed by atoms with van der Waals surface area (Å²) >= 11 is 0. The molecule has 2 aromatic carbocycles. The van der Waals surface area contributed by atoms with Gasteiger partial charge in [0.25, 0.3) is 11.5 Å². The van der Waals surface area contributed by atoms with E-state index < -0.39 is 5.91 Å². The lowest BCUT2D eigenvalue weighted by atomic mass is 10.1. The molecule has 2 heterocycles. The van der Waals surface area contributed by atoms with Gasteiger partial charge in [0.15, 0.2) is 5.69 Å². The molecule has 0 unspecified atom stereocenters.